The molecule has 0 aliphatic rings. The molecule has 0 radical (unpaired) electrons. The Hall–Kier alpha value is -2.26. The topological polar surface area (TPSA) is 121 Å². The molecule has 0 atom stereocenters. The van der Waals surface area contributed by atoms with Crippen LogP contribution in [-0.2, 0) is 12.3 Å². The Morgan fingerprint density at radius 1 is 1.19 bits per heavy atom. The number of nitrogens with zero attached hydrogens (tertiary/aromatic N) is 6. The first kappa shape index (κ1) is 13.7. The van der Waals surface area contributed by atoms with E-state index in [2.05, 4.69) is 25.5 Å². The molecule has 3 rings (SSSR count). The molecule has 9 heteroatoms. The van der Waals surface area contributed by atoms with E-state index in [4.69, 9.17) is 11.5 Å². The Labute approximate surface area is 124 Å². The summed E-state index contributed by atoms with van der Waals surface area (Å²) in [4.78, 5) is 8.82. The quantitative estimate of drug-likeness (QED) is 0.651. The molecule has 2 aromatic heterocycles. The molecule has 4 N–H and O–H groups in total. The van der Waals surface area contributed by atoms with Gasteiger partial charge in [0.1, 0.15) is 11.6 Å². The summed E-state index contributed by atoms with van der Waals surface area (Å²) in [6.45, 7) is 1.06. The maximum absolute atomic E-state index is 5.96. The average Bonchev–Trinajstić information content (AvgIpc) is 2.93. The number of hydrogen-bond donors (Lipinski definition) is 2. The largest absolute Gasteiger partial charge is 0.383 e. The zero-order valence-corrected chi connectivity index (χ0v) is 12.0. The van der Waals surface area contributed by atoms with Crippen molar-refractivity contribution in [1.82, 2.24) is 30.2 Å². The zero-order chi connectivity index (χ0) is 14.7. The van der Waals surface area contributed by atoms with E-state index in [9.17, 15) is 0 Å². The summed E-state index contributed by atoms with van der Waals surface area (Å²) < 4.78 is 1.66. The molecule has 21 heavy (non-hydrogen) atoms. The Kier molecular flexibility index (Phi) is 3.93. The third-order valence-corrected chi connectivity index (χ3v) is 3.80. The normalized spacial score (nSPS) is 11.1. The average molecular weight is 302 g/mol. The molecule has 1 aromatic carbocycles. The van der Waals surface area contributed by atoms with Crippen LogP contribution in [0, 0.1) is 0 Å². The van der Waals surface area contributed by atoms with Crippen molar-refractivity contribution in [2.75, 3.05) is 12.3 Å². The van der Waals surface area contributed by atoms with Gasteiger partial charge in [-0.25, -0.2) is 14.6 Å². The Morgan fingerprint density at radius 3 is 2.90 bits per heavy atom. The molecule has 0 unspecified atom stereocenters. The number of hydrogen-bond acceptors (Lipinski definition) is 8. The van der Waals surface area contributed by atoms with Crippen LogP contribution in [0.5, 0.6) is 0 Å². The van der Waals surface area contributed by atoms with Crippen LogP contribution in [-0.4, -0.2) is 36.7 Å². The lowest BCUT2D eigenvalue weighted by molar-refractivity contribution is 0.557. The molecule has 0 fully saturated rings. The summed E-state index contributed by atoms with van der Waals surface area (Å²) in [6, 6.07) is 7.66. The summed E-state index contributed by atoms with van der Waals surface area (Å²) in [5.74, 6) is 1.68. The Morgan fingerprint density at radius 2 is 2.05 bits per heavy atom. The molecule has 0 saturated carbocycles. The fourth-order valence-corrected chi connectivity index (χ4v) is 2.67. The lowest BCUT2D eigenvalue weighted by Gasteiger charge is -2.05. The van der Waals surface area contributed by atoms with Crippen LogP contribution in [0.15, 0.2) is 29.4 Å². The van der Waals surface area contributed by atoms with Crippen molar-refractivity contribution in [3.05, 3.63) is 30.1 Å². The molecule has 0 spiro atoms. The summed E-state index contributed by atoms with van der Waals surface area (Å²) in [5.41, 5.74) is 12.3. The molecule has 0 bridgehead atoms. The fraction of sp³-hybridized carbons (Fsp3) is 0.250. The lowest BCUT2D eigenvalue weighted by Crippen LogP contribution is -2.12. The van der Waals surface area contributed by atoms with E-state index in [1.54, 1.807) is 4.68 Å². The monoisotopic (exact) mass is 302 g/mol. The Balaban J connectivity index is 1.80. The number of thioether (sulfide) groups is 1. The predicted octanol–water partition coefficient (Wildman–Crippen LogP) is 0.449. The van der Waals surface area contributed by atoms with E-state index in [0.717, 1.165) is 10.9 Å². The van der Waals surface area contributed by atoms with Crippen molar-refractivity contribution in [2.45, 2.75) is 17.5 Å². The summed E-state index contributed by atoms with van der Waals surface area (Å²) in [5, 5.41) is 13.0. The van der Waals surface area contributed by atoms with Crippen molar-refractivity contribution >= 4 is 28.5 Å². The number of nitrogen functional groups attached to an aromatic ring is 1. The van der Waals surface area contributed by atoms with E-state index in [1.165, 1.54) is 11.8 Å². The van der Waals surface area contributed by atoms with Crippen molar-refractivity contribution < 1.29 is 0 Å². The van der Waals surface area contributed by atoms with Crippen LogP contribution in [0.2, 0.25) is 0 Å². The lowest BCUT2D eigenvalue weighted by atomic mass is 10.2. The minimum absolute atomic E-state index is 0.484. The maximum Gasteiger partial charge on any atom is 0.209 e. The van der Waals surface area contributed by atoms with Crippen LogP contribution in [0.3, 0.4) is 0 Å². The molecule has 0 saturated heterocycles. The van der Waals surface area contributed by atoms with Crippen molar-refractivity contribution in [3.63, 3.8) is 0 Å². The van der Waals surface area contributed by atoms with Gasteiger partial charge in [-0.05, 0) is 22.6 Å². The molecule has 0 aliphatic heterocycles. The standard InChI is InChI=1S/C12H14N8S/c13-5-6-20-12(17-18-19-20)21-7-10-15-9-4-2-1-3-8(9)11(14)16-10/h1-4H,5-7,13H2,(H2,14,15,16). The van der Waals surface area contributed by atoms with Crippen molar-refractivity contribution in [2.24, 2.45) is 5.73 Å². The van der Waals surface area contributed by atoms with Gasteiger partial charge < -0.3 is 11.5 Å². The van der Waals surface area contributed by atoms with Crippen LogP contribution >= 0.6 is 11.8 Å². The molecular formula is C12H14N8S. The second-order valence-electron chi connectivity index (χ2n) is 4.30. The molecule has 108 valence electrons. The SMILES string of the molecule is NCCn1nnnc1SCc1nc(N)c2ccccc2n1. The molecule has 0 amide bonds. The van der Waals surface area contributed by atoms with Gasteiger partial charge in [0.15, 0.2) is 0 Å². The molecule has 3 aromatic rings. The van der Waals surface area contributed by atoms with Crippen molar-refractivity contribution in [1.29, 1.82) is 0 Å². The van der Waals surface area contributed by atoms with Gasteiger partial charge in [-0.3, -0.25) is 0 Å². The summed E-state index contributed by atoms with van der Waals surface area (Å²) in [7, 11) is 0. The first-order chi connectivity index (χ1) is 10.3. The summed E-state index contributed by atoms with van der Waals surface area (Å²) in [6.07, 6.45) is 0. The summed E-state index contributed by atoms with van der Waals surface area (Å²) >= 11 is 1.45. The van der Waals surface area contributed by atoms with Gasteiger partial charge in [0.05, 0.1) is 17.8 Å². The zero-order valence-electron chi connectivity index (χ0n) is 11.2. The number of tetrazole rings is 1. The van der Waals surface area contributed by atoms with Crippen LogP contribution in [0.1, 0.15) is 5.82 Å². The van der Waals surface area contributed by atoms with Crippen molar-refractivity contribution in [3.8, 4) is 0 Å². The van der Waals surface area contributed by atoms with Gasteiger partial charge in [-0.15, -0.1) is 5.10 Å². The van der Waals surface area contributed by atoms with Gasteiger partial charge in [0, 0.05) is 11.9 Å². The molecule has 8 nitrogen and oxygen atoms in total. The second kappa shape index (κ2) is 6.02. The van der Waals surface area contributed by atoms with E-state index >= 15 is 0 Å². The van der Waals surface area contributed by atoms with Gasteiger partial charge >= 0.3 is 0 Å². The van der Waals surface area contributed by atoms with Crippen LogP contribution < -0.4 is 11.5 Å². The predicted molar refractivity (Wildman–Crippen MR) is 80.4 cm³/mol. The van der Waals surface area contributed by atoms with Crippen LogP contribution in [0.4, 0.5) is 5.82 Å². The van der Waals surface area contributed by atoms with Gasteiger partial charge in [0.25, 0.3) is 0 Å². The minimum Gasteiger partial charge on any atom is -0.383 e. The van der Waals surface area contributed by atoms with Gasteiger partial charge in [0.2, 0.25) is 5.16 Å². The first-order valence-electron chi connectivity index (χ1n) is 6.38. The van der Waals surface area contributed by atoms with E-state index < -0.39 is 0 Å². The molecule has 0 aliphatic carbocycles. The van der Waals surface area contributed by atoms with Crippen LogP contribution in [0.25, 0.3) is 10.9 Å². The number of para-hydroxylation sites is 1. The highest BCUT2D eigenvalue weighted by molar-refractivity contribution is 7.98. The number of benzene rings is 1. The third-order valence-electron chi connectivity index (χ3n) is 2.85. The van der Waals surface area contributed by atoms with E-state index in [1.807, 2.05) is 24.3 Å². The smallest absolute Gasteiger partial charge is 0.209 e. The number of fused-ring (bicyclic) bond motifs is 1. The third kappa shape index (κ3) is 2.93. The minimum atomic E-state index is 0.484. The number of nitrogens with two attached hydrogens (primary N) is 2. The molecule has 2 heterocycles. The highest BCUT2D eigenvalue weighted by Gasteiger charge is 2.09. The first-order valence-corrected chi connectivity index (χ1v) is 7.36. The fourth-order valence-electron chi connectivity index (χ4n) is 1.91. The number of rotatable bonds is 5. The highest BCUT2D eigenvalue weighted by Crippen LogP contribution is 2.22. The highest BCUT2D eigenvalue weighted by atomic mass is 32.2. The second-order valence-corrected chi connectivity index (χ2v) is 5.25. The van der Waals surface area contributed by atoms with Gasteiger partial charge in [-0.1, -0.05) is 23.9 Å². The van der Waals surface area contributed by atoms with E-state index in [-0.39, 0.29) is 0 Å². The molecular weight excluding hydrogens is 288 g/mol. The number of aromatic nitrogens is 6. The maximum atomic E-state index is 5.96. The van der Waals surface area contributed by atoms with E-state index in [0.29, 0.717) is 35.6 Å². The van der Waals surface area contributed by atoms with Gasteiger partial charge in [-0.2, -0.15) is 0 Å². The Bertz CT molecular complexity index is 756. The number of anilines is 1.